The van der Waals surface area contributed by atoms with Gasteiger partial charge in [-0.25, -0.2) is 4.98 Å². The maximum atomic E-state index is 13.2. The Labute approximate surface area is 186 Å². The van der Waals surface area contributed by atoms with Crippen LogP contribution in [0.1, 0.15) is 43.4 Å². The van der Waals surface area contributed by atoms with Crippen LogP contribution < -0.4 is 0 Å². The van der Waals surface area contributed by atoms with Crippen LogP contribution in [-0.2, 0) is 14.3 Å². The zero-order valence-electron chi connectivity index (χ0n) is 17.5. The first kappa shape index (κ1) is 21.4. The highest BCUT2D eigenvalue weighted by molar-refractivity contribution is 6.30. The Morgan fingerprint density at radius 3 is 2.61 bits per heavy atom. The molecule has 3 heterocycles. The molecule has 1 unspecified atom stereocenters. The van der Waals surface area contributed by atoms with Crippen molar-refractivity contribution in [3.8, 4) is 0 Å². The lowest BCUT2D eigenvalue weighted by atomic mass is 9.91. The summed E-state index contributed by atoms with van der Waals surface area (Å²) in [6, 6.07) is 13.7. The van der Waals surface area contributed by atoms with E-state index in [9.17, 15) is 9.59 Å². The van der Waals surface area contributed by atoms with Gasteiger partial charge in [0.1, 0.15) is 5.65 Å². The molecule has 1 atom stereocenters. The molecular weight excluding hydrogens is 414 g/mol. The Morgan fingerprint density at radius 2 is 1.90 bits per heavy atom. The van der Waals surface area contributed by atoms with Gasteiger partial charge in [0, 0.05) is 37.8 Å². The quantitative estimate of drug-likeness (QED) is 0.537. The summed E-state index contributed by atoms with van der Waals surface area (Å²) in [5.41, 5.74) is 2.78. The van der Waals surface area contributed by atoms with Gasteiger partial charge in [0.25, 0.3) is 0 Å². The molecule has 0 spiro atoms. The number of likely N-dealkylation sites (tertiary alicyclic amines) is 1. The molecule has 2 aromatic heterocycles. The van der Waals surface area contributed by atoms with E-state index in [2.05, 4.69) is 4.98 Å². The number of ether oxygens (including phenoxy) is 1. The minimum Gasteiger partial charge on any atom is -0.466 e. The van der Waals surface area contributed by atoms with Crippen molar-refractivity contribution in [1.29, 1.82) is 0 Å². The van der Waals surface area contributed by atoms with Crippen molar-refractivity contribution in [2.75, 3.05) is 19.7 Å². The summed E-state index contributed by atoms with van der Waals surface area (Å²) >= 11 is 6.23. The zero-order valence-corrected chi connectivity index (χ0v) is 18.3. The Hall–Kier alpha value is -2.86. The molecule has 31 heavy (non-hydrogen) atoms. The van der Waals surface area contributed by atoms with Crippen molar-refractivity contribution in [2.24, 2.45) is 5.92 Å². The second kappa shape index (κ2) is 9.52. The van der Waals surface area contributed by atoms with Crippen LogP contribution in [0.3, 0.4) is 0 Å². The topological polar surface area (TPSA) is 63.9 Å². The second-order valence-corrected chi connectivity index (χ2v) is 8.27. The highest BCUT2D eigenvalue weighted by Gasteiger charge is 2.30. The molecule has 1 saturated heterocycles. The second-order valence-electron chi connectivity index (χ2n) is 7.83. The van der Waals surface area contributed by atoms with Gasteiger partial charge in [-0.1, -0.05) is 41.9 Å². The average molecular weight is 440 g/mol. The molecule has 0 aliphatic carbocycles. The van der Waals surface area contributed by atoms with Gasteiger partial charge >= 0.3 is 5.97 Å². The Kier molecular flexibility index (Phi) is 6.56. The Morgan fingerprint density at radius 1 is 1.16 bits per heavy atom. The van der Waals surface area contributed by atoms with Gasteiger partial charge in [-0.3, -0.25) is 9.59 Å². The molecule has 0 N–H and O–H groups in total. The fraction of sp³-hybridized carbons (Fsp3) is 0.375. The Balaban J connectivity index is 1.54. The third kappa shape index (κ3) is 4.74. The van der Waals surface area contributed by atoms with Crippen LogP contribution in [0.5, 0.6) is 0 Å². The smallest absolute Gasteiger partial charge is 0.309 e. The van der Waals surface area contributed by atoms with Gasteiger partial charge in [-0.2, -0.15) is 0 Å². The van der Waals surface area contributed by atoms with Crippen molar-refractivity contribution in [1.82, 2.24) is 14.3 Å². The van der Waals surface area contributed by atoms with Crippen molar-refractivity contribution >= 4 is 29.1 Å². The lowest BCUT2D eigenvalue weighted by Gasteiger charge is -2.32. The number of imidazole rings is 1. The standard InChI is InChI=1S/C24H26ClN3O3/c1-2-31-24(30)18-10-12-27(13-11-18)23(29)14-20(17-6-4-3-5-7-17)21-15-26-22-9-8-19(25)16-28(21)22/h3-9,15-16,18,20H,2,10-14H2,1H3. The first-order valence-electron chi connectivity index (χ1n) is 10.7. The van der Waals surface area contributed by atoms with Gasteiger partial charge in [-0.05, 0) is 37.5 Å². The number of hydrogen-bond acceptors (Lipinski definition) is 4. The molecule has 0 bridgehead atoms. The van der Waals surface area contributed by atoms with Crippen LogP contribution in [0.25, 0.3) is 5.65 Å². The number of amides is 1. The number of carbonyl (C=O) groups excluding carboxylic acids is 2. The van der Waals surface area contributed by atoms with Crippen LogP contribution in [0.2, 0.25) is 5.02 Å². The predicted octanol–water partition coefficient (Wildman–Crippen LogP) is 4.31. The van der Waals surface area contributed by atoms with E-state index in [0.717, 1.165) is 16.9 Å². The summed E-state index contributed by atoms with van der Waals surface area (Å²) in [5, 5.41) is 0.617. The summed E-state index contributed by atoms with van der Waals surface area (Å²) in [7, 11) is 0. The van der Waals surface area contributed by atoms with Crippen molar-refractivity contribution in [3.63, 3.8) is 0 Å². The van der Waals surface area contributed by atoms with Gasteiger partial charge in [0.15, 0.2) is 0 Å². The number of aromatic nitrogens is 2. The molecule has 0 saturated carbocycles. The number of rotatable bonds is 6. The highest BCUT2D eigenvalue weighted by Crippen LogP contribution is 2.31. The molecule has 162 valence electrons. The fourth-order valence-electron chi connectivity index (χ4n) is 4.24. The molecule has 7 heteroatoms. The summed E-state index contributed by atoms with van der Waals surface area (Å²) in [4.78, 5) is 31.6. The fourth-order valence-corrected chi connectivity index (χ4v) is 4.40. The summed E-state index contributed by atoms with van der Waals surface area (Å²) < 4.78 is 7.09. The number of benzene rings is 1. The molecule has 0 radical (unpaired) electrons. The number of fused-ring (bicyclic) bond motifs is 1. The summed E-state index contributed by atoms with van der Waals surface area (Å²) in [5.74, 6) is -0.340. The lowest BCUT2D eigenvalue weighted by Crippen LogP contribution is -2.41. The van der Waals surface area contributed by atoms with E-state index < -0.39 is 0 Å². The van der Waals surface area contributed by atoms with Crippen LogP contribution >= 0.6 is 11.6 Å². The molecule has 3 aromatic rings. The lowest BCUT2D eigenvalue weighted by molar-refractivity contribution is -0.151. The maximum absolute atomic E-state index is 13.2. The largest absolute Gasteiger partial charge is 0.466 e. The number of hydrogen-bond donors (Lipinski definition) is 0. The summed E-state index contributed by atoms with van der Waals surface area (Å²) in [6.45, 7) is 3.35. The van der Waals surface area contributed by atoms with E-state index in [1.165, 1.54) is 0 Å². The number of esters is 1. The molecule has 4 rings (SSSR count). The van der Waals surface area contributed by atoms with Crippen LogP contribution in [0.15, 0.2) is 54.9 Å². The number of nitrogens with zero attached hydrogens (tertiary/aromatic N) is 3. The van der Waals surface area contributed by atoms with E-state index >= 15 is 0 Å². The summed E-state index contributed by atoms with van der Waals surface area (Å²) in [6.07, 6.45) is 5.28. The van der Waals surface area contributed by atoms with Gasteiger partial charge in [-0.15, -0.1) is 0 Å². The SMILES string of the molecule is CCOC(=O)C1CCN(C(=O)CC(c2ccccc2)c2cnc3ccc(Cl)cn23)CC1. The minimum atomic E-state index is -0.153. The molecule has 1 aliphatic heterocycles. The van der Waals surface area contributed by atoms with Crippen molar-refractivity contribution in [3.05, 3.63) is 71.1 Å². The number of carbonyl (C=O) groups is 2. The van der Waals surface area contributed by atoms with Crippen LogP contribution in [0.4, 0.5) is 0 Å². The number of pyridine rings is 1. The average Bonchev–Trinajstić information content (AvgIpc) is 3.21. The monoisotopic (exact) mass is 439 g/mol. The minimum absolute atomic E-state index is 0.0770. The normalized spacial score (nSPS) is 15.7. The molecule has 1 amide bonds. The molecule has 1 aromatic carbocycles. The molecule has 1 fully saturated rings. The van der Waals surface area contributed by atoms with E-state index in [1.54, 1.807) is 0 Å². The molecular formula is C24H26ClN3O3. The Bertz CT molecular complexity index is 1060. The van der Waals surface area contributed by atoms with Crippen LogP contribution in [-0.4, -0.2) is 45.9 Å². The maximum Gasteiger partial charge on any atom is 0.309 e. The van der Waals surface area contributed by atoms with E-state index in [0.29, 0.717) is 44.0 Å². The molecule has 1 aliphatic rings. The van der Waals surface area contributed by atoms with Crippen molar-refractivity contribution < 1.29 is 14.3 Å². The number of piperidine rings is 1. The van der Waals surface area contributed by atoms with Crippen molar-refractivity contribution in [2.45, 2.75) is 32.1 Å². The molecule has 6 nitrogen and oxygen atoms in total. The highest BCUT2D eigenvalue weighted by atomic mass is 35.5. The van der Waals surface area contributed by atoms with Gasteiger partial charge in [0.05, 0.1) is 23.2 Å². The number of halogens is 1. The predicted molar refractivity (Wildman–Crippen MR) is 119 cm³/mol. The third-order valence-corrected chi connectivity index (χ3v) is 6.13. The first-order valence-corrected chi connectivity index (χ1v) is 11.1. The van der Waals surface area contributed by atoms with Gasteiger partial charge < -0.3 is 14.0 Å². The van der Waals surface area contributed by atoms with E-state index in [-0.39, 0.29) is 23.7 Å². The van der Waals surface area contributed by atoms with E-state index in [1.807, 2.05) is 71.1 Å². The first-order chi connectivity index (χ1) is 15.1. The van der Waals surface area contributed by atoms with E-state index in [4.69, 9.17) is 16.3 Å². The third-order valence-electron chi connectivity index (χ3n) is 5.90. The van der Waals surface area contributed by atoms with Crippen LogP contribution in [0, 0.1) is 5.92 Å². The zero-order chi connectivity index (χ0) is 21.8. The van der Waals surface area contributed by atoms with Gasteiger partial charge in [0.2, 0.25) is 5.91 Å².